The molecule has 0 atom stereocenters. The van der Waals surface area contributed by atoms with Gasteiger partial charge in [0, 0.05) is 11.3 Å². The summed E-state index contributed by atoms with van der Waals surface area (Å²) in [5, 5.41) is 6.92. The molecule has 1 heterocycles. The fourth-order valence-electron chi connectivity index (χ4n) is 2.54. The summed E-state index contributed by atoms with van der Waals surface area (Å²) in [5.74, 6) is -0.329. The van der Waals surface area contributed by atoms with Gasteiger partial charge in [-0.3, -0.25) is 9.59 Å². The maximum Gasteiger partial charge on any atom is 0.291 e. The summed E-state index contributed by atoms with van der Waals surface area (Å²) in [4.78, 5) is 24.2. The van der Waals surface area contributed by atoms with Crippen LogP contribution in [0.3, 0.4) is 0 Å². The third kappa shape index (κ3) is 4.54. The van der Waals surface area contributed by atoms with Gasteiger partial charge in [0.25, 0.3) is 11.8 Å². The standard InChI is InChI=1S/C22H21N3O3/c1-14-6-7-18(13-15(14)2)21(26)25-24-16(3)17-8-10-19(11-9-17)23-22(27)20-5-4-12-28-20/h4-13H,1-3H3,(H,23,27)(H,25,26)/b24-16+. The number of hydrazone groups is 1. The first-order valence-corrected chi connectivity index (χ1v) is 8.81. The molecule has 6 nitrogen and oxygen atoms in total. The predicted octanol–water partition coefficient (Wildman–Crippen LogP) is 4.30. The Morgan fingerprint density at radius 2 is 1.61 bits per heavy atom. The van der Waals surface area contributed by atoms with E-state index in [4.69, 9.17) is 4.42 Å². The monoisotopic (exact) mass is 375 g/mol. The van der Waals surface area contributed by atoms with Crippen molar-refractivity contribution in [2.45, 2.75) is 20.8 Å². The zero-order valence-corrected chi connectivity index (χ0v) is 15.9. The lowest BCUT2D eigenvalue weighted by atomic mass is 10.1. The Morgan fingerprint density at radius 3 is 2.25 bits per heavy atom. The molecule has 0 bridgehead atoms. The highest BCUT2D eigenvalue weighted by molar-refractivity contribution is 6.03. The van der Waals surface area contributed by atoms with E-state index < -0.39 is 0 Å². The number of aryl methyl sites for hydroxylation is 2. The highest BCUT2D eigenvalue weighted by atomic mass is 16.3. The minimum atomic E-state index is -0.316. The van der Waals surface area contributed by atoms with E-state index in [1.807, 2.05) is 38.1 Å². The SMILES string of the molecule is C/C(=N\NC(=O)c1ccc(C)c(C)c1)c1ccc(NC(=O)c2ccco2)cc1. The van der Waals surface area contributed by atoms with Crippen LogP contribution < -0.4 is 10.7 Å². The van der Waals surface area contributed by atoms with Crippen molar-refractivity contribution in [3.63, 3.8) is 0 Å². The number of nitrogens with one attached hydrogen (secondary N) is 2. The van der Waals surface area contributed by atoms with Crippen LogP contribution >= 0.6 is 0 Å². The second-order valence-corrected chi connectivity index (χ2v) is 6.45. The van der Waals surface area contributed by atoms with E-state index in [1.54, 1.807) is 37.3 Å². The van der Waals surface area contributed by atoms with Crippen molar-refractivity contribution in [2.75, 3.05) is 5.32 Å². The van der Waals surface area contributed by atoms with Gasteiger partial charge >= 0.3 is 0 Å². The molecule has 6 heteroatoms. The molecule has 142 valence electrons. The van der Waals surface area contributed by atoms with Crippen LogP contribution in [0.1, 0.15) is 44.5 Å². The third-order valence-corrected chi connectivity index (χ3v) is 4.40. The van der Waals surface area contributed by atoms with Gasteiger partial charge in [-0.1, -0.05) is 18.2 Å². The van der Waals surface area contributed by atoms with E-state index in [0.29, 0.717) is 17.0 Å². The molecule has 3 aromatic rings. The molecule has 0 aliphatic carbocycles. The Bertz CT molecular complexity index is 1020. The molecule has 3 rings (SSSR count). The Morgan fingerprint density at radius 1 is 0.893 bits per heavy atom. The number of benzene rings is 2. The third-order valence-electron chi connectivity index (χ3n) is 4.40. The van der Waals surface area contributed by atoms with Crippen molar-refractivity contribution in [3.8, 4) is 0 Å². The van der Waals surface area contributed by atoms with Crippen LogP contribution in [0.4, 0.5) is 5.69 Å². The zero-order valence-electron chi connectivity index (χ0n) is 15.9. The Kier molecular flexibility index (Phi) is 5.69. The number of furan rings is 1. The summed E-state index contributed by atoms with van der Waals surface area (Å²) in [6.07, 6.45) is 1.45. The number of carbonyl (C=O) groups is 2. The molecule has 1 aromatic heterocycles. The largest absolute Gasteiger partial charge is 0.459 e. The van der Waals surface area contributed by atoms with Gasteiger partial charge in [-0.05, 0) is 73.9 Å². The lowest BCUT2D eigenvalue weighted by Crippen LogP contribution is -2.19. The second kappa shape index (κ2) is 8.35. The molecule has 2 aromatic carbocycles. The molecule has 0 aliphatic rings. The number of amides is 2. The molecule has 28 heavy (non-hydrogen) atoms. The predicted molar refractivity (Wildman–Crippen MR) is 109 cm³/mol. The molecule has 0 aliphatic heterocycles. The van der Waals surface area contributed by atoms with E-state index in [-0.39, 0.29) is 17.6 Å². The summed E-state index contributed by atoms with van der Waals surface area (Å²) in [7, 11) is 0. The molecule has 0 spiro atoms. The Hall–Kier alpha value is -3.67. The smallest absolute Gasteiger partial charge is 0.291 e. The van der Waals surface area contributed by atoms with Crippen LogP contribution in [0.2, 0.25) is 0 Å². The molecular weight excluding hydrogens is 354 g/mol. The fraction of sp³-hybridized carbons (Fsp3) is 0.136. The lowest BCUT2D eigenvalue weighted by molar-refractivity contribution is 0.0953. The van der Waals surface area contributed by atoms with Crippen LogP contribution in [0.15, 0.2) is 70.4 Å². The van der Waals surface area contributed by atoms with Crippen LogP contribution in [0.25, 0.3) is 0 Å². The van der Waals surface area contributed by atoms with Crippen LogP contribution in [-0.2, 0) is 0 Å². The molecule has 2 N–H and O–H groups in total. The Labute approximate surface area is 163 Å². The quantitative estimate of drug-likeness (QED) is 0.515. The first kappa shape index (κ1) is 19.1. The average molecular weight is 375 g/mol. The molecule has 0 radical (unpaired) electrons. The van der Waals surface area contributed by atoms with Gasteiger partial charge in [0.05, 0.1) is 12.0 Å². The van der Waals surface area contributed by atoms with Gasteiger partial charge in [-0.15, -0.1) is 0 Å². The van der Waals surface area contributed by atoms with Crippen molar-refractivity contribution in [1.82, 2.24) is 5.43 Å². The van der Waals surface area contributed by atoms with Gasteiger partial charge in [0.1, 0.15) is 0 Å². The molecular formula is C22H21N3O3. The molecule has 0 fully saturated rings. The maximum absolute atomic E-state index is 12.3. The van der Waals surface area contributed by atoms with Crippen molar-refractivity contribution >= 4 is 23.2 Å². The van der Waals surface area contributed by atoms with E-state index in [1.165, 1.54) is 6.26 Å². The summed E-state index contributed by atoms with van der Waals surface area (Å²) >= 11 is 0. The minimum Gasteiger partial charge on any atom is -0.459 e. The number of rotatable bonds is 5. The lowest BCUT2D eigenvalue weighted by Gasteiger charge is -2.07. The normalized spacial score (nSPS) is 11.2. The summed E-state index contributed by atoms with van der Waals surface area (Å²) in [5.41, 5.74) is 7.45. The van der Waals surface area contributed by atoms with Crippen LogP contribution in [0, 0.1) is 13.8 Å². The van der Waals surface area contributed by atoms with Crippen molar-refractivity contribution in [1.29, 1.82) is 0 Å². The van der Waals surface area contributed by atoms with Gasteiger partial charge in [-0.2, -0.15) is 5.10 Å². The first-order valence-electron chi connectivity index (χ1n) is 8.81. The van der Waals surface area contributed by atoms with Crippen molar-refractivity contribution < 1.29 is 14.0 Å². The number of carbonyl (C=O) groups excluding carboxylic acids is 2. The summed E-state index contributed by atoms with van der Waals surface area (Å²) in [6, 6.07) is 15.9. The first-order chi connectivity index (χ1) is 13.4. The minimum absolute atomic E-state index is 0.246. The molecule has 0 saturated carbocycles. The van der Waals surface area contributed by atoms with Crippen LogP contribution in [-0.4, -0.2) is 17.5 Å². The van der Waals surface area contributed by atoms with E-state index >= 15 is 0 Å². The topological polar surface area (TPSA) is 83.7 Å². The average Bonchev–Trinajstić information content (AvgIpc) is 3.23. The number of hydrogen-bond acceptors (Lipinski definition) is 4. The summed E-state index contributed by atoms with van der Waals surface area (Å²) < 4.78 is 5.06. The number of anilines is 1. The van der Waals surface area contributed by atoms with E-state index in [0.717, 1.165) is 16.7 Å². The zero-order chi connectivity index (χ0) is 20.1. The van der Waals surface area contributed by atoms with E-state index in [2.05, 4.69) is 15.8 Å². The summed E-state index contributed by atoms with van der Waals surface area (Å²) in [6.45, 7) is 5.77. The fourth-order valence-corrected chi connectivity index (χ4v) is 2.54. The van der Waals surface area contributed by atoms with Gasteiger partial charge < -0.3 is 9.73 Å². The second-order valence-electron chi connectivity index (χ2n) is 6.45. The van der Waals surface area contributed by atoms with Crippen LogP contribution in [0.5, 0.6) is 0 Å². The van der Waals surface area contributed by atoms with Gasteiger partial charge in [-0.25, -0.2) is 5.43 Å². The van der Waals surface area contributed by atoms with Gasteiger partial charge in [0.15, 0.2) is 5.76 Å². The molecule has 0 unspecified atom stereocenters. The molecule has 2 amide bonds. The van der Waals surface area contributed by atoms with E-state index in [9.17, 15) is 9.59 Å². The highest BCUT2D eigenvalue weighted by Gasteiger charge is 2.09. The number of nitrogens with zero attached hydrogens (tertiary/aromatic N) is 1. The van der Waals surface area contributed by atoms with Crippen molar-refractivity contribution in [3.05, 3.63) is 88.9 Å². The number of hydrogen-bond donors (Lipinski definition) is 2. The maximum atomic E-state index is 12.3. The Balaban J connectivity index is 1.63. The highest BCUT2D eigenvalue weighted by Crippen LogP contribution is 2.13. The molecule has 0 saturated heterocycles. The van der Waals surface area contributed by atoms with Gasteiger partial charge in [0.2, 0.25) is 0 Å². The van der Waals surface area contributed by atoms with Crippen molar-refractivity contribution in [2.24, 2.45) is 5.10 Å².